The first kappa shape index (κ1) is 15.8. The lowest BCUT2D eigenvalue weighted by atomic mass is 10.2. The molecule has 110 valence electrons. The van der Waals surface area contributed by atoms with E-state index in [0.29, 0.717) is 10.7 Å². The number of carbonyl (C=O) groups excluding carboxylic acids is 1. The average molecular weight is 345 g/mol. The molecule has 1 aromatic carbocycles. The van der Waals surface area contributed by atoms with Crippen LogP contribution in [0.15, 0.2) is 18.2 Å². The van der Waals surface area contributed by atoms with E-state index < -0.39 is 11.9 Å². The minimum absolute atomic E-state index is 0.0148. The molecular formula is C13H10Cl2N2O3S. The van der Waals surface area contributed by atoms with Crippen LogP contribution >= 0.6 is 34.7 Å². The van der Waals surface area contributed by atoms with Crippen molar-refractivity contribution in [3.05, 3.63) is 45.1 Å². The number of carbonyl (C=O) groups is 2. The Hall–Kier alpha value is -1.63. The summed E-state index contributed by atoms with van der Waals surface area (Å²) in [6.07, 6.45) is 0. The second kappa shape index (κ2) is 6.01. The molecular weight excluding hydrogens is 335 g/mol. The number of rotatable bonds is 3. The Morgan fingerprint density at radius 2 is 2.00 bits per heavy atom. The van der Waals surface area contributed by atoms with Crippen LogP contribution in [-0.2, 0) is 0 Å². The molecule has 2 aromatic rings. The summed E-state index contributed by atoms with van der Waals surface area (Å²) >= 11 is 12.7. The minimum Gasteiger partial charge on any atom is -0.478 e. The van der Waals surface area contributed by atoms with Gasteiger partial charge in [-0.25, -0.2) is 4.79 Å². The van der Waals surface area contributed by atoms with Gasteiger partial charge >= 0.3 is 5.97 Å². The highest BCUT2D eigenvalue weighted by molar-refractivity contribution is 7.11. The summed E-state index contributed by atoms with van der Waals surface area (Å²) in [5.41, 5.74) is 0.622. The number of amides is 1. The van der Waals surface area contributed by atoms with Gasteiger partial charge < -0.3 is 10.0 Å². The van der Waals surface area contributed by atoms with Crippen LogP contribution in [0, 0.1) is 6.92 Å². The second-order valence-electron chi connectivity index (χ2n) is 4.24. The van der Waals surface area contributed by atoms with Crippen molar-refractivity contribution in [2.24, 2.45) is 0 Å². The number of halogens is 2. The van der Waals surface area contributed by atoms with E-state index >= 15 is 0 Å². The molecule has 0 aliphatic heterocycles. The zero-order chi connectivity index (χ0) is 15.7. The fourth-order valence-electron chi connectivity index (χ4n) is 1.77. The molecule has 21 heavy (non-hydrogen) atoms. The molecule has 0 radical (unpaired) electrons. The predicted molar refractivity (Wildman–Crippen MR) is 83.0 cm³/mol. The van der Waals surface area contributed by atoms with Gasteiger partial charge in [0.15, 0.2) is 0 Å². The summed E-state index contributed by atoms with van der Waals surface area (Å²) in [6.45, 7) is 1.58. The van der Waals surface area contributed by atoms with Gasteiger partial charge in [0.05, 0.1) is 16.3 Å². The molecule has 0 aliphatic rings. The smallest absolute Gasteiger partial charge is 0.340 e. The molecule has 0 saturated heterocycles. The molecule has 5 nitrogen and oxygen atoms in total. The lowest BCUT2D eigenvalue weighted by molar-refractivity contribution is 0.0697. The van der Waals surface area contributed by atoms with Gasteiger partial charge in [-0.2, -0.15) is 4.37 Å². The van der Waals surface area contributed by atoms with Crippen molar-refractivity contribution in [2.45, 2.75) is 6.92 Å². The Kier molecular flexibility index (Phi) is 4.51. The maximum atomic E-state index is 12.4. The van der Waals surface area contributed by atoms with E-state index in [1.807, 2.05) is 0 Å². The molecule has 2 rings (SSSR count). The molecule has 0 spiro atoms. The number of hydrogen-bond donors (Lipinski definition) is 1. The van der Waals surface area contributed by atoms with E-state index in [4.69, 9.17) is 23.2 Å². The quantitative estimate of drug-likeness (QED) is 0.920. The first-order chi connectivity index (χ1) is 9.82. The summed E-state index contributed by atoms with van der Waals surface area (Å²) in [5, 5.41) is 10.1. The molecule has 1 heterocycles. The van der Waals surface area contributed by atoms with E-state index in [0.717, 1.165) is 11.5 Å². The number of nitrogens with zero attached hydrogens (tertiary/aromatic N) is 2. The van der Waals surface area contributed by atoms with E-state index in [9.17, 15) is 14.7 Å². The highest BCUT2D eigenvalue weighted by atomic mass is 35.5. The minimum atomic E-state index is -1.13. The number of aromatic nitrogens is 1. The number of aryl methyl sites for hydroxylation is 1. The zero-order valence-corrected chi connectivity index (χ0v) is 13.4. The van der Waals surface area contributed by atoms with Crippen molar-refractivity contribution >= 4 is 51.6 Å². The lowest BCUT2D eigenvalue weighted by Gasteiger charge is -2.16. The van der Waals surface area contributed by atoms with Crippen molar-refractivity contribution < 1.29 is 14.7 Å². The molecule has 8 heteroatoms. The Morgan fingerprint density at radius 3 is 2.57 bits per heavy atom. The van der Waals surface area contributed by atoms with Gasteiger partial charge in [-0.1, -0.05) is 23.2 Å². The first-order valence-corrected chi connectivity index (χ1v) is 7.28. The molecule has 1 N–H and O–H groups in total. The van der Waals surface area contributed by atoms with Gasteiger partial charge in [-0.15, -0.1) is 0 Å². The molecule has 1 aromatic heterocycles. The third-order valence-corrected chi connectivity index (χ3v) is 4.39. The summed E-state index contributed by atoms with van der Waals surface area (Å²) < 4.78 is 3.98. The molecule has 0 unspecified atom stereocenters. The fraction of sp³-hybridized carbons (Fsp3) is 0.154. The van der Waals surface area contributed by atoms with Crippen LogP contribution in [0.25, 0.3) is 0 Å². The molecule has 0 saturated carbocycles. The van der Waals surface area contributed by atoms with Crippen LogP contribution in [0.1, 0.15) is 26.4 Å². The van der Waals surface area contributed by atoms with Crippen LogP contribution < -0.4 is 4.90 Å². The number of anilines is 1. The van der Waals surface area contributed by atoms with Gasteiger partial charge in [0.1, 0.15) is 10.6 Å². The normalized spacial score (nSPS) is 10.5. The number of benzene rings is 1. The number of carboxylic acid groups (broad SMARTS) is 1. The van der Waals surface area contributed by atoms with Crippen LogP contribution in [-0.4, -0.2) is 28.4 Å². The Labute approximate surface area is 134 Å². The van der Waals surface area contributed by atoms with Crippen molar-refractivity contribution in [3.8, 4) is 0 Å². The van der Waals surface area contributed by atoms with Crippen LogP contribution in [0.3, 0.4) is 0 Å². The molecule has 0 fully saturated rings. The maximum Gasteiger partial charge on any atom is 0.340 e. The fourth-order valence-corrected chi connectivity index (χ4v) is 3.10. The molecule has 0 aliphatic carbocycles. The summed E-state index contributed by atoms with van der Waals surface area (Å²) in [7, 11) is 1.48. The highest BCUT2D eigenvalue weighted by Crippen LogP contribution is 2.30. The zero-order valence-electron chi connectivity index (χ0n) is 11.1. The Balaban J connectivity index is 2.42. The van der Waals surface area contributed by atoms with Crippen molar-refractivity contribution in [2.75, 3.05) is 11.9 Å². The summed E-state index contributed by atoms with van der Waals surface area (Å²) in [6, 6.07) is 4.50. The van der Waals surface area contributed by atoms with Gasteiger partial charge in [0.2, 0.25) is 0 Å². The van der Waals surface area contributed by atoms with Gasteiger partial charge in [0.25, 0.3) is 5.91 Å². The molecule has 1 amide bonds. The maximum absolute atomic E-state index is 12.4. The number of carboxylic acids is 1. The molecule has 0 atom stereocenters. The number of hydrogen-bond acceptors (Lipinski definition) is 4. The SMILES string of the molecule is Cc1nsc(N(C)C(=O)c2ccc(Cl)cc2Cl)c1C(=O)O. The second-order valence-corrected chi connectivity index (χ2v) is 5.84. The topological polar surface area (TPSA) is 70.5 Å². The predicted octanol–water partition coefficient (Wildman–Crippen LogP) is 3.73. The van der Waals surface area contributed by atoms with Gasteiger partial charge in [-0.3, -0.25) is 4.79 Å². The summed E-state index contributed by atoms with van der Waals surface area (Å²) in [5.74, 6) is -1.55. The van der Waals surface area contributed by atoms with Crippen molar-refractivity contribution in [1.29, 1.82) is 0 Å². The van der Waals surface area contributed by atoms with Crippen molar-refractivity contribution in [1.82, 2.24) is 4.37 Å². The largest absolute Gasteiger partial charge is 0.478 e. The van der Waals surface area contributed by atoms with Crippen molar-refractivity contribution in [3.63, 3.8) is 0 Å². The van der Waals surface area contributed by atoms with Crippen LogP contribution in [0.2, 0.25) is 10.0 Å². The number of aromatic carboxylic acids is 1. The van der Waals surface area contributed by atoms with Gasteiger partial charge in [0, 0.05) is 12.1 Å². The average Bonchev–Trinajstić information content (AvgIpc) is 2.79. The van der Waals surface area contributed by atoms with E-state index in [1.54, 1.807) is 13.0 Å². The molecule has 0 bridgehead atoms. The monoisotopic (exact) mass is 344 g/mol. The van der Waals surface area contributed by atoms with E-state index in [1.165, 1.54) is 24.1 Å². The first-order valence-electron chi connectivity index (χ1n) is 5.75. The Morgan fingerprint density at radius 1 is 1.33 bits per heavy atom. The standard InChI is InChI=1S/C13H10Cl2N2O3S/c1-6-10(13(19)20)12(21-16-6)17(2)11(18)8-4-3-7(14)5-9(8)15/h3-5H,1-2H3,(H,19,20). The van der Waals surface area contributed by atoms with E-state index in [-0.39, 0.29) is 21.2 Å². The van der Waals surface area contributed by atoms with Crippen LogP contribution in [0.4, 0.5) is 5.00 Å². The van der Waals surface area contributed by atoms with E-state index in [2.05, 4.69) is 4.37 Å². The van der Waals surface area contributed by atoms with Crippen LogP contribution in [0.5, 0.6) is 0 Å². The highest BCUT2D eigenvalue weighted by Gasteiger charge is 2.25. The Bertz CT molecular complexity index is 730. The third-order valence-electron chi connectivity index (χ3n) is 2.83. The van der Waals surface area contributed by atoms with Gasteiger partial charge in [-0.05, 0) is 36.7 Å². The lowest BCUT2D eigenvalue weighted by Crippen LogP contribution is -2.27. The summed E-state index contributed by atoms with van der Waals surface area (Å²) in [4.78, 5) is 24.9. The third kappa shape index (κ3) is 3.02.